The van der Waals surface area contributed by atoms with E-state index < -0.39 is 0 Å². The van der Waals surface area contributed by atoms with Crippen LogP contribution in [0.3, 0.4) is 0 Å². The quantitative estimate of drug-likeness (QED) is 0.576. The number of benzene rings is 1. The van der Waals surface area contributed by atoms with E-state index in [0.29, 0.717) is 49.0 Å². The molecule has 1 aliphatic heterocycles. The van der Waals surface area contributed by atoms with E-state index in [1.54, 1.807) is 18.2 Å². The monoisotopic (exact) mass is 449 g/mol. The molecular formula is C25H31N5O3. The fraction of sp³-hybridized carbons (Fsp3) is 0.440. The van der Waals surface area contributed by atoms with Gasteiger partial charge in [-0.3, -0.25) is 9.59 Å². The van der Waals surface area contributed by atoms with Crippen LogP contribution in [0, 0.1) is 6.92 Å². The Morgan fingerprint density at radius 2 is 2.00 bits per heavy atom. The number of hydrogen-bond donors (Lipinski definition) is 0. The largest absolute Gasteiger partial charge is 0.496 e. The van der Waals surface area contributed by atoms with Gasteiger partial charge in [0.2, 0.25) is 0 Å². The molecule has 1 aliphatic rings. The number of ether oxygens (including phenoxy) is 1. The Labute approximate surface area is 194 Å². The molecule has 2 aromatic heterocycles. The molecule has 3 aromatic rings. The third-order valence-corrected chi connectivity index (χ3v) is 6.61. The highest BCUT2D eigenvalue weighted by Gasteiger charge is 2.32. The Hall–Kier alpha value is -3.42. The van der Waals surface area contributed by atoms with Gasteiger partial charge < -0.3 is 19.1 Å². The third-order valence-electron chi connectivity index (χ3n) is 6.61. The molecule has 1 atom stereocenters. The van der Waals surface area contributed by atoms with Gasteiger partial charge in [-0.2, -0.15) is 0 Å². The molecule has 8 heteroatoms. The van der Waals surface area contributed by atoms with Crippen molar-refractivity contribution in [1.29, 1.82) is 0 Å². The number of carbonyl (C=O) groups is 2. The molecule has 1 unspecified atom stereocenters. The van der Waals surface area contributed by atoms with Crippen molar-refractivity contribution < 1.29 is 14.3 Å². The molecule has 33 heavy (non-hydrogen) atoms. The molecule has 1 fully saturated rings. The summed E-state index contributed by atoms with van der Waals surface area (Å²) in [5, 5.41) is 0.925. The van der Waals surface area contributed by atoms with Crippen molar-refractivity contribution in [2.75, 3.05) is 33.3 Å². The smallest absolute Gasteiger partial charge is 0.270 e. The average Bonchev–Trinajstić information content (AvgIpc) is 3.44. The van der Waals surface area contributed by atoms with E-state index >= 15 is 0 Å². The van der Waals surface area contributed by atoms with Gasteiger partial charge in [0, 0.05) is 50.7 Å². The van der Waals surface area contributed by atoms with Crippen molar-refractivity contribution in [2.24, 2.45) is 7.05 Å². The van der Waals surface area contributed by atoms with Crippen LogP contribution in [-0.4, -0.2) is 69.4 Å². The second kappa shape index (κ2) is 9.21. The van der Waals surface area contributed by atoms with Crippen LogP contribution in [0.2, 0.25) is 0 Å². The van der Waals surface area contributed by atoms with E-state index in [-0.39, 0.29) is 17.7 Å². The Balaban J connectivity index is 1.52. The molecule has 0 spiro atoms. The van der Waals surface area contributed by atoms with Crippen LogP contribution in [0.4, 0.5) is 0 Å². The predicted octanol–water partition coefficient (Wildman–Crippen LogP) is 3.40. The Bertz CT molecular complexity index is 1200. The fourth-order valence-electron chi connectivity index (χ4n) is 4.61. The molecule has 4 rings (SSSR count). The summed E-state index contributed by atoms with van der Waals surface area (Å²) in [5.74, 6) is 1.44. The first kappa shape index (κ1) is 22.8. The summed E-state index contributed by atoms with van der Waals surface area (Å²) in [6, 6.07) is 7.71. The number of carbonyl (C=O) groups excluding carboxylic acids is 2. The van der Waals surface area contributed by atoms with Crippen molar-refractivity contribution >= 4 is 22.7 Å². The fourth-order valence-corrected chi connectivity index (χ4v) is 4.61. The van der Waals surface area contributed by atoms with Gasteiger partial charge in [0.25, 0.3) is 11.8 Å². The van der Waals surface area contributed by atoms with Crippen molar-refractivity contribution in [3.05, 3.63) is 53.2 Å². The van der Waals surface area contributed by atoms with Crippen LogP contribution in [0.5, 0.6) is 5.75 Å². The zero-order valence-electron chi connectivity index (χ0n) is 20.0. The summed E-state index contributed by atoms with van der Waals surface area (Å²) < 4.78 is 7.38. The van der Waals surface area contributed by atoms with Gasteiger partial charge in [-0.25, -0.2) is 9.97 Å². The molecule has 0 radical (unpaired) electrons. The topological polar surface area (TPSA) is 80.6 Å². The normalized spacial score (nSPS) is 15.8. The molecule has 1 saturated heterocycles. The lowest BCUT2D eigenvalue weighted by atomic mass is 10.1. The maximum absolute atomic E-state index is 13.3. The highest BCUT2D eigenvalue weighted by molar-refractivity contribution is 6.00. The first-order valence-electron chi connectivity index (χ1n) is 11.4. The first-order chi connectivity index (χ1) is 15.9. The lowest BCUT2D eigenvalue weighted by Crippen LogP contribution is -2.31. The number of aromatic nitrogens is 3. The van der Waals surface area contributed by atoms with Crippen LogP contribution in [0.25, 0.3) is 10.9 Å². The summed E-state index contributed by atoms with van der Waals surface area (Å²) in [7, 11) is 3.54. The van der Waals surface area contributed by atoms with Crippen molar-refractivity contribution in [1.82, 2.24) is 24.3 Å². The van der Waals surface area contributed by atoms with Crippen LogP contribution in [0.1, 0.15) is 58.6 Å². The second-order valence-electron chi connectivity index (χ2n) is 8.42. The van der Waals surface area contributed by atoms with Gasteiger partial charge in [0.05, 0.1) is 23.9 Å². The van der Waals surface area contributed by atoms with Crippen molar-refractivity contribution in [3.63, 3.8) is 0 Å². The Morgan fingerprint density at radius 1 is 1.24 bits per heavy atom. The summed E-state index contributed by atoms with van der Waals surface area (Å²) >= 11 is 0. The predicted molar refractivity (Wildman–Crippen MR) is 127 cm³/mol. The van der Waals surface area contributed by atoms with Crippen LogP contribution < -0.4 is 4.74 Å². The molecule has 3 heterocycles. The number of rotatable bonds is 6. The number of methoxy groups -OCH3 is 1. The maximum atomic E-state index is 13.3. The SMILES string of the molecule is CCN(CC)C(=O)c1cnc(C2CCN(C(=O)c3cc4c(OC)cccc4n3C)C2)nc1C. The molecule has 174 valence electrons. The number of nitrogens with zero attached hydrogens (tertiary/aromatic N) is 5. The molecular weight excluding hydrogens is 418 g/mol. The van der Waals surface area contributed by atoms with E-state index in [4.69, 9.17) is 4.74 Å². The summed E-state index contributed by atoms with van der Waals surface area (Å²) in [5.41, 5.74) is 2.81. The molecule has 2 amide bonds. The number of fused-ring (bicyclic) bond motifs is 1. The van der Waals surface area contributed by atoms with Gasteiger partial charge in [-0.05, 0) is 45.4 Å². The maximum Gasteiger partial charge on any atom is 0.270 e. The minimum atomic E-state index is -0.0431. The molecule has 0 N–H and O–H groups in total. The van der Waals surface area contributed by atoms with E-state index in [9.17, 15) is 9.59 Å². The average molecular weight is 450 g/mol. The van der Waals surface area contributed by atoms with E-state index in [2.05, 4.69) is 9.97 Å². The van der Waals surface area contributed by atoms with Gasteiger partial charge >= 0.3 is 0 Å². The highest BCUT2D eigenvalue weighted by Crippen LogP contribution is 2.31. The lowest BCUT2D eigenvalue weighted by Gasteiger charge is -2.20. The number of amides is 2. The van der Waals surface area contributed by atoms with Crippen LogP contribution >= 0.6 is 0 Å². The molecule has 0 bridgehead atoms. The molecule has 8 nitrogen and oxygen atoms in total. The number of likely N-dealkylation sites (tertiary alicyclic amines) is 1. The van der Waals surface area contributed by atoms with Gasteiger partial charge in [-0.1, -0.05) is 6.07 Å². The highest BCUT2D eigenvalue weighted by atomic mass is 16.5. The van der Waals surface area contributed by atoms with Crippen molar-refractivity contribution in [2.45, 2.75) is 33.1 Å². The van der Waals surface area contributed by atoms with Gasteiger partial charge in [0.15, 0.2) is 0 Å². The van der Waals surface area contributed by atoms with Gasteiger partial charge in [0.1, 0.15) is 17.3 Å². The molecule has 0 aliphatic carbocycles. The Morgan fingerprint density at radius 3 is 2.67 bits per heavy atom. The lowest BCUT2D eigenvalue weighted by molar-refractivity contribution is 0.0768. The zero-order chi connectivity index (χ0) is 23.7. The summed E-state index contributed by atoms with van der Waals surface area (Å²) in [4.78, 5) is 38.8. The number of aryl methyl sites for hydroxylation is 2. The minimum absolute atomic E-state index is 0.0108. The summed E-state index contributed by atoms with van der Waals surface area (Å²) in [6.45, 7) is 8.27. The van der Waals surface area contributed by atoms with Crippen LogP contribution in [0.15, 0.2) is 30.5 Å². The standard InChI is InChI=1S/C25H31N5O3/c1-6-29(7-2)24(31)19-14-26-23(27-16(19)3)17-11-12-30(15-17)25(32)21-13-18-20(28(21)4)9-8-10-22(18)33-5/h8-10,13-14,17H,6-7,11-12,15H2,1-5H3. The minimum Gasteiger partial charge on any atom is -0.496 e. The first-order valence-corrected chi connectivity index (χ1v) is 11.4. The zero-order valence-corrected chi connectivity index (χ0v) is 20.0. The van der Waals surface area contributed by atoms with Gasteiger partial charge in [-0.15, -0.1) is 0 Å². The van der Waals surface area contributed by atoms with Crippen LogP contribution in [-0.2, 0) is 7.05 Å². The second-order valence-corrected chi connectivity index (χ2v) is 8.42. The van der Waals surface area contributed by atoms with E-state index in [1.807, 2.05) is 61.6 Å². The summed E-state index contributed by atoms with van der Waals surface area (Å²) in [6.07, 6.45) is 2.43. The third kappa shape index (κ3) is 4.05. The van der Waals surface area contributed by atoms with E-state index in [0.717, 1.165) is 23.1 Å². The van der Waals surface area contributed by atoms with Crippen molar-refractivity contribution in [3.8, 4) is 5.75 Å². The van der Waals surface area contributed by atoms with E-state index in [1.165, 1.54) is 0 Å². The number of hydrogen-bond acceptors (Lipinski definition) is 5. The molecule has 1 aromatic carbocycles. The Kier molecular flexibility index (Phi) is 6.35. The molecule has 0 saturated carbocycles.